The number of hydrogen-bond acceptors (Lipinski definition) is 1. The van der Waals surface area contributed by atoms with Crippen molar-refractivity contribution in [2.24, 2.45) is 11.8 Å². The first-order valence-electron chi connectivity index (χ1n) is 4.81. The molecule has 0 aromatic heterocycles. The zero-order valence-corrected chi connectivity index (χ0v) is 8.65. The second-order valence-electron chi connectivity index (χ2n) is 3.93. The van der Waals surface area contributed by atoms with Crippen LogP contribution in [0.5, 0.6) is 0 Å². The first-order valence-corrected chi connectivity index (χ1v) is 4.81. The first-order chi connectivity index (χ1) is 5.07. The molecule has 0 heterocycles. The van der Waals surface area contributed by atoms with Gasteiger partial charge >= 0.3 is 0 Å². The van der Waals surface area contributed by atoms with Crippen molar-refractivity contribution in [2.45, 2.75) is 47.1 Å². The van der Waals surface area contributed by atoms with Crippen LogP contribution < -0.4 is 5.32 Å². The minimum atomic E-state index is 0.626. The van der Waals surface area contributed by atoms with Crippen molar-refractivity contribution in [1.82, 2.24) is 5.32 Å². The van der Waals surface area contributed by atoms with Crippen LogP contribution in [0.4, 0.5) is 0 Å². The highest BCUT2D eigenvalue weighted by atomic mass is 14.9. The molecule has 11 heavy (non-hydrogen) atoms. The summed E-state index contributed by atoms with van der Waals surface area (Å²) in [6.07, 6.45) is 1.29. The Kier molecular flexibility index (Phi) is 5.57. The average molecular weight is 157 g/mol. The minimum absolute atomic E-state index is 0.626. The SMILES string of the molecule is CCC(C)C(C)CNC(C)C. The van der Waals surface area contributed by atoms with Crippen molar-refractivity contribution in [2.75, 3.05) is 6.54 Å². The van der Waals surface area contributed by atoms with E-state index in [1.807, 2.05) is 0 Å². The van der Waals surface area contributed by atoms with E-state index in [9.17, 15) is 0 Å². The van der Waals surface area contributed by atoms with E-state index in [-0.39, 0.29) is 0 Å². The fourth-order valence-electron chi connectivity index (χ4n) is 1.03. The Labute approximate surface area is 71.6 Å². The van der Waals surface area contributed by atoms with Gasteiger partial charge in [-0.15, -0.1) is 0 Å². The maximum absolute atomic E-state index is 3.46. The van der Waals surface area contributed by atoms with Gasteiger partial charge in [0.25, 0.3) is 0 Å². The summed E-state index contributed by atoms with van der Waals surface area (Å²) in [5.41, 5.74) is 0. The Bertz CT molecular complexity index is 88.9. The molecular weight excluding hydrogens is 134 g/mol. The standard InChI is InChI=1S/C10H23N/c1-6-9(4)10(5)7-11-8(2)3/h8-11H,6-7H2,1-5H3. The van der Waals surface area contributed by atoms with E-state index >= 15 is 0 Å². The van der Waals surface area contributed by atoms with Gasteiger partial charge in [0.1, 0.15) is 0 Å². The molecule has 0 spiro atoms. The predicted molar refractivity (Wildman–Crippen MR) is 51.8 cm³/mol. The van der Waals surface area contributed by atoms with Crippen LogP contribution in [0.1, 0.15) is 41.0 Å². The van der Waals surface area contributed by atoms with Gasteiger partial charge in [0.2, 0.25) is 0 Å². The first kappa shape index (κ1) is 11.0. The van der Waals surface area contributed by atoms with Gasteiger partial charge in [0.15, 0.2) is 0 Å². The van der Waals surface area contributed by atoms with Gasteiger partial charge in [-0.05, 0) is 18.4 Å². The van der Waals surface area contributed by atoms with Crippen LogP contribution in [-0.4, -0.2) is 12.6 Å². The minimum Gasteiger partial charge on any atom is -0.314 e. The molecule has 68 valence electrons. The quantitative estimate of drug-likeness (QED) is 0.647. The van der Waals surface area contributed by atoms with Crippen LogP contribution >= 0.6 is 0 Å². The molecule has 0 fully saturated rings. The predicted octanol–water partition coefficient (Wildman–Crippen LogP) is 2.67. The molecule has 0 aromatic carbocycles. The Balaban J connectivity index is 3.43. The van der Waals surface area contributed by atoms with Crippen LogP contribution in [-0.2, 0) is 0 Å². The van der Waals surface area contributed by atoms with E-state index in [4.69, 9.17) is 0 Å². The molecule has 0 rings (SSSR count). The smallest absolute Gasteiger partial charge is 0.00104 e. The summed E-state index contributed by atoms with van der Waals surface area (Å²) in [5.74, 6) is 1.66. The van der Waals surface area contributed by atoms with E-state index in [2.05, 4.69) is 39.9 Å². The van der Waals surface area contributed by atoms with Gasteiger partial charge < -0.3 is 5.32 Å². The number of nitrogens with one attached hydrogen (secondary N) is 1. The summed E-state index contributed by atoms with van der Waals surface area (Å²) in [6, 6.07) is 0.626. The Morgan fingerprint density at radius 1 is 1.00 bits per heavy atom. The third-order valence-corrected chi connectivity index (χ3v) is 2.46. The van der Waals surface area contributed by atoms with E-state index in [1.165, 1.54) is 6.42 Å². The molecular formula is C10H23N. The molecule has 0 saturated carbocycles. The summed E-state index contributed by atoms with van der Waals surface area (Å²) < 4.78 is 0. The molecule has 0 aliphatic carbocycles. The van der Waals surface area contributed by atoms with Gasteiger partial charge in [0.05, 0.1) is 0 Å². The highest BCUT2D eigenvalue weighted by Crippen LogP contribution is 2.12. The van der Waals surface area contributed by atoms with Gasteiger partial charge in [-0.2, -0.15) is 0 Å². The lowest BCUT2D eigenvalue weighted by atomic mass is 9.93. The molecule has 0 aromatic rings. The van der Waals surface area contributed by atoms with E-state index < -0.39 is 0 Å². The highest BCUT2D eigenvalue weighted by Gasteiger charge is 2.09. The van der Waals surface area contributed by atoms with Crippen molar-refractivity contribution >= 4 is 0 Å². The fraction of sp³-hybridized carbons (Fsp3) is 1.00. The number of rotatable bonds is 5. The van der Waals surface area contributed by atoms with Crippen molar-refractivity contribution in [3.05, 3.63) is 0 Å². The van der Waals surface area contributed by atoms with Crippen LogP contribution in [0, 0.1) is 11.8 Å². The molecule has 1 heteroatoms. The topological polar surface area (TPSA) is 12.0 Å². The highest BCUT2D eigenvalue weighted by molar-refractivity contribution is 4.64. The second-order valence-corrected chi connectivity index (χ2v) is 3.93. The Hall–Kier alpha value is -0.0400. The largest absolute Gasteiger partial charge is 0.314 e. The Morgan fingerprint density at radius 2 is 1.55 bits per heavy atom. The summed E-state index contributed by atoms with van der Waals surface area (Å²) in [6.45, 7) is 12.5. The van der Waals surface area contributed by atoms with Crippen LogP contribution in [0.3, 0.4) is 0 Å². The van der Waals surface area contributed by atoms with Crippen LogP contribution in [0.25, 0.3) is 0 Å². The summed E-state index contributed by atoms with van der Waals surface area (Å²) in [7, 11) is 0. The molecule has 0 amide bonds. The summed E-state index contributed by atoms with van der Waals surface area (Å²) in [5, 5.41) is 3.46. The molecule has 1 nitrogen and oxygen atoms in total. The third kappa shape index (κ3) is 5.25. The maximum Gasteiger partial charge on any atom is 0.00104 e. The molecule has 0 radical (unpaired) electrons. The lowest BCUT2D eigenvalue weighted by molar-refractivity contribution is 0.348. The van der Waals surface area contributed by atoms with Crippen molar-refractivity contribution in [3.63, 3.8) is 0 Å². The maximum atomic E-state index is 3.46. The van der Waals surface area contributed by atoms with Gasteiger partial charge in [-0.1, -0.05) is 41.0 Å². The fourth-order valence-corrected chi connectivity index (χ4v) is 1.03. The molecule has 2 atom stereocenters. The summed E-state index contributed by atoms with van der Waals surface area (Å²) in [4.78, 5) is 0. The zero-order valence-electron chi connectivity index (χ0n) is 8.65. The monoisotopic (exact) mass is 157 g/mol. The van der Waals surface area contributed by atoms with Crippen molar-refractivity contribution in [1.29, 1.82) is 0 Å². The second kappa shape index (κ2) is 5.59. The third-order valence-electron chi connectivity index (χ3n) is 2.46. The van der Waals surface area contributed by atoms with Crippen molar-refractivity contribution in [3.8, 4) is 0 Å². The molecule has 1 N–H and O–H groups in total. The van der Waals surface area contributed by atoms with E-state index in [0.29, 0.717) is 6.04 Å². The Morgan fingerprint density at radius 3 is 1.91 bits per heavy atom. The molecule has 0 bridgehead atoms. The molecule has 2 unspecified atom stereocenters. The molecule has 0 aliphatic rings. The van der Waals surface area contributed by atoms with E-state index in [0.717, 1.165) is 18.4 Å². The van der Waals surface area contributed by atoms with Crippen LogP contribution in [0.2, 0.25) is 0 Å². The van der Waals surface area contributed by atoms with Crippen molar-refractivity contribution < 1.29 is 0 Å². The van der Waals surface area contributed by atoms with Gasteiger partial charge in [-0.25, -0.2) is 0 Å². The van der Waals surface area contributed by atoms with Crippen LogP contribution in [0.15, 0.2) is 0 Å². The van der Waals surface area contributed by atoms with Gasteiger partial charge in [0, 0.05) is 6.04 Å². The lowest BCUT2D eigenvalue weighted by Gasteiger charge is -2.20. The molecule has 0 saturated heterocycles. The normalized spacial score (nSPS) is 16.9. The number of hydrogen-bond donors (Lipinski definition) is 1. The van der Waals surface area contributed by atoms with E-state index in [1.54, 1.807) is 0 Å². The van der Waals surface area contributed by atoms with Gasteiger partial charge in [-0.3, -0.25) is 0 Å². The average Bonchev–Trinajstić information content (AvgIpc) is 1.98. The zero-order chi connectivity index (χ0) is 8.85. The summed E-state index contributed by atoms with van der Waals surface area (Å²) >= 11 is 0. The lowest BCUT2D eigenvalue weighted by Crippen LogP contribution is -2.30. The molecule has 0 aliphatic heterocycles.